The molecule has 2 fully saturated rings. The van der Waals surface area contributed by atoms with Crippen LogP contribution in [-0.4, -0.2) is 78.4 Å². The van der Waals surface area contributed by atoms with E-state index in [1.54, 1.807) is 19.1 Å². The van der Waals surface area contributed by atoms with E-state index in [9.17, 15) is 14.0 Å². The second-order valence-electron chi connectivity index (χ2n) is 8.24. The monoisotopic (exact) mass is 404 g/mol. The van der Waals surface area contributed by atoms with Crippen molar-refractivity contribution in [2.24, 2.45) is 0 Å². The minimum atomic E-state index is -0.321. The van der Waals surface area contributed by atoms with Gasteiger partial charge in [-0.25, -0.2) is 4.39 Å². The molecular weight excluding hydrogens is 371 g/mol. The number of benzene rings is 1. The zero-order chi connectivity index (χ0) is 20.8. The van der Waals surface area contributed by atoms with Gasteiger partial charge in [0.05, 0.1) is 12.6 Å². The van der Waals surface area contributed by atoms with Gasteiger partial charge in [0.2, 0.25) is 11.8 Å². The highest BCUT2D eigenvalue weighted by Crippen LogP contribution is 2.16. The number of carbonyl (C=O) groups excluding carboxylic acids is 2. The van der Waals surface area contributed by atoms with E-state index in [0.29, 0.717) is 17.8 Å². The van der Waals surface area contributed by atoms with Crippen LogP contribution in [0.25, 0.3) is 0 Å². The van der Waals surface area contributed by atoms with Crippen LogP contribution < -0.4 is 5.32 Å². The Morgan fingerprint density at radius 2 is 1.69 bits per heavy atom. The number of rotatable bonds is 5. The van der Waals surface area contributed by atoms with Gasteiger partial charge < -0.3 is 10.2 Å². The van der Waals surface area contributed by atoms with Crippen molar-refractivity contribution in [3.63, 3.8) is 0 Å². The van der Waals surface area contributed by atoms with E-state index in [1.165, 1.54) is 18.9 Å². The number of piperazine rings is 1. The number of hydrogen-bond donors (Lipinski definition) is 1. The van der Waals surface area contributed by atoms with Gasteiger partial charge in [0.1, 0.15) is 5.82 Å². The average molecular weight is 405 g/mol. The predicted octanol–water partition coefficient (Wildman–Crippen LogP) is 2.48. The van der Waals surface area contributed by atoms with Gasteiger partial charge in [-0.15, -0.1) is 0 Å². The second kappa shape index (κ2) is 10.2. The van der Waals surface area contributed by atoms with Gasteiger partial charge in [-0.1, -0.05) is 18.9 Å². The summed E-state index contributed by atoms with van der Waals surface area (Å²) in [5.74, 6) is -0.229. The molecule has 0 unspecified atom stereocenters. The Kier molecular flexibility index (Phi) is 7.61. The number of anilines is 1. The molecule has 0 spiro atoms. The molecule has 2 heterocycles. The molecule has 2 amide bonds. The van der Waals surface area contributed by atoms with Crippen molar-refractivity contribution in [2.45, 2.75) is 45.6 Å². The molecule has 1 N–H and O–H groups in total. The fourth-order valence-electron chi connectivity index (χ4n) is 4.00. The summed E-state index contributed by atoms with van der Waals surface area (Å²) in [6.07, 6.45) is 4.66. The number of hydrogen-bond acceptors (Lipinski definition) is 4. The van der Waals surface area contributed by atoms with Crippen LogP contribution in [-0.2, 0) is 9.59 Å². The fourth-order valence-corrected chi connectivity index (χ4v) is 4.00. The van der Waals surface area contributed by atoms with Crippen LogP contribution in [0.15, 0.2) is 18.2 Å². The van der Waals surface area contributed by atoms with Crippen molar-refractivity contribution in [3.05, 3.63) is 29.6 Å². The largest absolute Gasteiger partial charge is 0.342 e. The van der Waals surface area contributed by atoms with E-state index in [2.05, 4.69) is 15.1 Å². The molecule has 160 valence electrons. The summed E-state index contributed by atoms with van der Waals surface area (Å²) in [4.78, 5) is 31.4. The van der Waals surface area contributed by atoms with Gasteiger partial charge in [-0.05, 0) is 44.4 Å². The van der Waals surface area contributed by atoms with Crippen molar-refractivity contribution >= 4 is 17.5 Å². The molecule has 0 aromatic heterocycles. The molecule has 0 aliphatic carbocycles. The van der Waals surface area contributed by atoms with Crippen molar-refractivity contribution in [1.82, 2.24) is 14.7 Å². The van der Waals surface area contributed by atoms with Gasteiger partial charge in [0.25, 0.3) is 0 Å². The van der Waals surface area contributed by atoms with Crippen LogP contribution in [0.5, 0.6) is 0 Å². The third kappa shape index (κ3) is 6.00. The quantitative estimate of drug-likeness (QED) is 0.819. The molecule has 3 rings (SSSR count). The van der Waals surface area contributed by atoms with E-state index < -0.39 is 0 Å². The van der Waals surface area contributed by atoms with Crippen LogP contribution in [0.1, 0.15) is 38.2 Å². The molecule has 1 aromatic rings. The summed E-state index contributed by atoms with van der Waals surface area (Å²) < 4.78 is 13.7. The summed E-state index contributed by atoms with van der Waals surface area (Å²) in [6, 6.07) is 4.43. The van der Waals surface area contributed by atoms with E-state index >= 15 is 0 Å². The Labute approximate surface area is 173 Å². The van der Waals surface area contributed by atoms with Crippen LogP contribution in [0, 0.1) is 12.7 Å². The maximum Gasteiger partial charge on any atom is 0.241 e. The van der Waals surface area contributed by atoms with Gasteiger partial charge in [-0.2, -0.15) is 0 Å². The van der Waals surface area contributed by atoms with Gasteiger partial charge >= 0.3 is 0 Å². The number of nitrogens with zero attached hydrogens (tertiary/aromatic N) is 3. The summed E-state index contributed by atoms with van der Waals surface area (Å²) in [7, 11) is 0. The first-order valence-electron chi connectivity index (χ1n) is 10.8. The molecule has 2 aliphatic heterocycles. The lowest BCUT2D eigenvalue weighted by molar-refractivity contribution is -0.133. The van der Waals surface area contributed by atoms with Crippen molar-refractivity contribution in [1.29, 1.82) is 0 Å². The second-order valence-corrected chi connectivity index (χ2v) is 8.24. The Balaban J connectivity index is 1.44. The lowest BCUT2D eigenvalue weighted by atomic mass is 10.2. The van der Waals surface area contributed by atoms with Crippen LogP contribution in [0.2, 0.25) is 0 Å². The van der Waals surface area contributed by atoms with E-state index in [4.69, 9.17) is 0 Å². The lowest BCUT2D eigenvalue weighted by Crippen LogP contribution is -2.54. The first-order chi connectivity index (χ1) is 13.9. The molecule has 2 saturated heterocycles. The van der Waals surface area contributed by atoms with E-state index in [1.807, 2.05) is 11.8 Å². The number of likely N-dealkylation sites (tertiary alicyclic amines) is 1. The molecule has 1 atom stereocenters. The lowest BCUT2D eigenvalue weighted by Gasteiger charge is -2.37. The van der Waals surface area contributed by atoms with Crippen LogP contribution in [0.3, 0.4) is 0 Å². The summed E-state index contributed by atoms with van der Waals surface area (Å²) in [6.45, 7) is 8.84. The van der Waals surface area contributed by atoms with Crippen LogP contribution >= 0.6 is 0 Å². The fraction of sp³-hybridized carbons (Fsp3) is 0.636. The highest BCUT2D eigenvalue weighted by atomic mass is 19.1. The summed E-state index contributed by atoms with van der Waals surface area (Å²) >= 11 is 0. The van der Waals surface area contributed by atoms with E-state index in [0.717, 1.165) is 52.1 Å². The Bertz CT molecular complexity index is 711. The smallest absolute Gasteiger partial charge is 0.241 e. The first kappa shape index (κ1) is 21.7. The van der Waals surface area contributed by atoms with Crippen molar-refractivity contribution in [2.75, 3.05) is 51.1 Å². The first-order valence-corrected chi connectivity index (χ1v) is 10.8. The number of carbonyl (C=O) groups is 2. The third-order valence-electron chi connectivity index (χ3n) is 6.09. The standard InChI is InChI=1S/C22H33FN4O2/c1-17-7-8-19(15-20(17)23)24-22(29)18(2)26-13-11-25(12-14-26)16-21(28)27-9-5-3-4-6-10-27/h7-8,15,18H,3-6,9-14,16H2,1-2H3,(H,24,29)/t18-/m1/s1. The molecule has 7 heteroatoms. The van der Waals surface area contributed by atoms with Gasteiger partial charge in [0.15, 0.2) is 0 Å². The van der Waals surface area contributed by atoms with E-state index in [-0.39, 0.29) is 23.7 Å². The molecule has 0 saturated carbocycles. The SMILES string of the molecule is Cc1ccc(NC(=O)[C@@H](C)N2CCN(CC(=O)N3CCCCCC3)CC2)cc1F. The average Bonchev–Trinajstić information content (AvgIpc) is 3.00. The Hall–Kier alpha value is -1.99. The number of halogens is 1. The van der Waals surface area contributed by atoms with Gasteiger partial charge in [-0.3, -0.25) is 19.4 Å². The maximum absolute atomic E-state index is 13.7. The minimum Gasteiger partial charge on any atom is -0.342 e. The molecular formula is C22H33FN4O2. The third-order valence-corrected chi connectivity index (χ3v) is 6.09. The number of nitrogens with one attached hydrogen (secondary N) is 1. The van der Waals surface area contributed by atoms with Crippen molar-refractivity contribution in [3.8, 4) is 0 Å². The minimum absolute atomic E-state index is 0.137. The number of amides is 2. The maximum atomic E-state index is 13.7. The van der Waals surface area contributed by atoms with Crippen molar-refractivity contribution < 1.29 is 14.0 Å². The van der Waals surface area contributed by atoms with Crippen LogP contribution in [0.4, 0.5) is 10.1 Å². The molecule has 1 aromatic carbocycles. The normalized spacial score (nSPS) is 20.2. The molecule has 29 heavy (non-hydrogen) atoms. The number of aryl methyl sites for hydroxylation is 1. The molecule has 2 aliphatic rings. The Morgan fingerprint density at radius 3 is 2.31 bits per heavy atom. The van der Waals surface area contributed by atoms with Gasteiger partial charge in [0, 0.05) is 45.0 Å². The zero-order valence-corrected chi connectivity index (χ0v) is 17.6. The summed E-state index contributed by atoms with van der Waals surface area (Å²) in [5.41, 5.74) is 1.04. The predicted molar refractivity (Wildman–Crippen MR) is 112 cm³/mol. The highest BCUT2D eigenvalue weighted by Gasteiger charge is 2.27. The highest BCUT2D eigenvalue weighted by molar-refractivity contribution is 5.94. The molecule has 0 radical (unpaired) electrons. The summed E-state index contributed by atoms with van der Waals surface area (Å²) in [5, 5.41) is 2.80. The molecule has 0 bridgehead atoms. The molecule has 6 nitrogen and oxygen atoms in total. The zero-order valence-electron chi connectivity index (χ0n) is 17.6. The Morgan fingerprint density at radius 1 is 1.03 bits per heavy atom. The topological polar surface area (TPSA) is 55.9 Å².